The minimum atomic E-state index is -0.569. The zero-order valence-corrected chi connectivity index (χ0v) is 12.9. The van der Waals surface area contributed by atoms with Gasteiger partial charge in [-0.1, -0.05) is 19.3 Å². The molecule has 2 atom stereocenters. The normalized spacial score (nSPS) is 32.1. The van der Waals surface area contributed by atoms with Crippen molar-refractivity contribution in [1.29, 1.82) is 5.26 Å². The minimum Gasteiger partial charge on any atom is -0.337 e. The Balaban J connectivity index is 1.50. The van der Waals surface area contributed by atoms with Gasteiger partial charge in [-0.3, -0.25) is 9.69 Å². The number of amides is 1. The summed E-state index contributed by atoms with van der Waals surface area (Å²) in [7, 11) is 0. The Morgan fingerprint density at radius 2 is 1.86 bits per heavy atom. The van der Waals surface area contributed by atoms with Crippen molar-refractivity contribution >= 4 is 5.91 Å². The van der Waals surface area contributed by atoms with Crippen LogP contribution in [0.25, 0.3) is 0 Å². The predicted molar refractivity (Wildman–Crippen MR) is 81.5 cm³/mol. The van der Waals surface area contributed by atoms with Crippen LogP contribution < -0.4 is 5.32 Å². The number of nitriles is 1. The lowest BCUT2D eigenvalue weighted by atomic mass is 9.75. The third-order valence-electron chi connectivity index (χ3n) is 5.79. The molecule has 2 aliphatic carbocycles. The summed E-state index contributed by atoms with van der Waals surface area (Å²) in [6, 6.07) is 2.34. The summed E-state index contributed by atoms with van der Waals surface area (Å²) in [4.78, 5) is 14.6. The van der Waals surface area contributed by atoms with Crippen LogP contribution in [0.15, 0.2) is 0 Å². The molecule has 4 heteroatoms. The molecule has 1 heterocycles. The van der Waals surface area contributed by atoms with Gasteiger partial charge in [0.15, 0.2) is 0 Å². The van der Waals surface area contributed by atoms with E-state index in [0.29, 0.717) is 6.54 Å². The average Bonchev–Trinajstić information content (AvgIpc) is 2.96. The Labute approximate surface area is 127 Å². The van der Waals surface area contributed by atoms with E-state index in [4.69, 9.17) is 0 Å². The summed E-state index contributed by atoms with van der Waals surface area (Å²) in [6.45, 7) is 2.61. The lowest BCUT2D eigenvalue weighted by Crippen LogP contribution is -2.51. The van der Waals surface area contributed by atoms with E-state index in [2.05, 4.69) is 16.3 Å². The highest BCUT2D eigenvalue weighted by Gasteiger charge is 2.36. The lowest BCUT2D eigenvalue weighted by Gasteiger charge is -2.41. The van der Waals surface area contributed by atoms with Gasteiger partial charge in [-0.15, -0.1) is 0 Å². The van der Waals surface area contributed by atoms with E-state index in [0.717, 1.165) is 50.6 Å². The fraction of sp³-hybridized carbons (Fsp3) is 0.882. The van der Waals surface area contributed by atoms with Crippen LogP contribution in [0.5, 0.6) is 0 Å². The van der Waals surface area contributed by atoms with Crippen LogP contribution in [0.3, 0.4) is 0 Å². The first-order chi connectivity index (χ1) is 10.2. The van der Waals surface area contributed by atoms with Gasteiger partial charge in [-0.05, 0) is 56.9 Å². The quantitative estimate of drug-likeness (QED) is 0.868. The monoisotopic (exact) mass is 289 g/mol. The summed E-state index contributed by atoms with van der Waals surface area (Å²) >= 11 is 0. The first-order valence-electron chi connectivity index (χ1n) is 8.65. The van der Waals surface area contributed by atoms with E-state index in [1.54, 1.807) is 0 Å². The summed E-state index contributed by atoms with van der Waals surface area (Å²) in [6.07, 6.45) is 10.5. The van der Waals surface area contributed by atoms with Crippen molar-refractivity contribution in [1.82, 2.24) is 10.2 Å². The standard InChI is InChI=1S/C17H27N3O/c18-13-17(8-3-4-9-17)19-16(21)12-20-10-7-14-5-1-2-6-15(14)11-20/h14-15H,1-12H2,(H,19,21)/t14-,15+/m0/s1. The first kappa shape index (κ1) is 14.8. The van der Waals surface area contributed by atoms with Gasteiger partial charge in [0.2, 0.25) is 5.91 Å². The number of fused-ring (bicyclic) bond motifs is 1. The van der Waals surface area contributed by atoms with Crippen LogP contribution in [-0.2, 0) is 4.79 Å². The fourth-order valence-electron chi connectivity index (χ4n) is 4.57. The van der Waals surface area contributed by atoms with Crippen molar-refractivity contribution < 1.29 is 4.79 Å². The predicted octanol–water partition coefficient (Wildman–Crippen LogP) is 2.45. The van der Waals surface area contributed by atoms with Gasteiger partial charge in [0, 0.05) is 6.54 Å². The van der Waals surface area contributed by atoms with Crippen LogP contribution in [0.1, 0.15) is 57.8 Å². The summed E-state index contributed by atoms with van der Waals surface area (Å²) in [5.41, 5.74) is -0.569. The van der Waals surface area contributed by atoms with Gasteiger partial charge in [0.05, 0.1) is 12.6 Å². The Hall–Kier alpha value is -1.08. The fourth-order valence-corrected chi connectivity index (χ4v) is 4.57. The van der Waals surface area contributed by atoms with Gasteiger partial charge in [0.1, 0.15) is 5.54 Å². The number of rotatable bonds is 3. The molecule has 0 aromatic rings. The molecule has 4 nitrogen and oxygen atoms in total. The van der Waals surface area contributed by atoms with Crippen LogP contribution in [0, 0.1) is 23.2 Å². The summed E-state index contributed by atoms with van der Waals surface area (Å²) in [5, 5.41) is 12.4. The molecule has 1 N–H and O–H groups in total. The van der Waals surface area contributed by atoms with E-state index < -0.39 is 5.54 Å². The highest BCUT2D eigenvalue weighted by atomic mass is 16.2. The molecule has 1 amide bonds. The zero-order valence-electron chi connectivity index (χ0n) is 12.9. The second kappa shape index (κ2) is 6.36. The van der Waals surface area contributed by atoms with Crippen molar-refractivity contribution in [2.75, 3.05) is 19.6 Å². The van der Waals surface area contributed by atoms with Crippen molar-refractivity contribution in [2.45, 2.75) is 63.3 Å². The van der Waals surface area contributed by atoms with Gasteiger partial charge < -0.3 is 5.32 Å². The van der Waals surface area contributed by atoms with Crippen molar-refractivity contribution in [2.24, 2.45) is 11.8 Å². The molecule has 0 bridgehead atoms. The second-order valence-corrected chi connectivity index (χ2v) is 7.28. The van der Waals surface area contributed by atoms with E-state index in [9.17, 15) is 10.1 Å². The van der Waals surface area contributed by atoms with Gasteiger partial charge >= 0.3 is 0 Å². The highest BCUT2D eigenvalue weighted by Crippen LogP contribution is 2.36. The molecule has 21 heavy (non-hydrogen) atoms. The number of hydrogen-bond acceptors (Lipinski definition) is 3. The molecule has 3 rings (SSSR count). The summed E-state index contributed by atoms with van der Waals surface area (Å²) < 4.78 is 0. The molecule has 0 aromatic carbocycles. The number of likely N-dealkylation sites (tertiary alicyclic amines) is 1. The zero-order chi connectivity index (χ0) is 14.7. The minimum absolute atomic E-state index is 0.0488. The smallest absolute Gasteiger partial charge is 0.235 e. The third-order valence-corrected chi connectivity index (χ3v) is 5.79. The molecule has 0 aromatic heterocycles. The van der Waals surface area contributed by atoms with Crippen LogP contribution >= 0.6 is 0 Å². The number of nitrogens with zero attached hydrogens (tertiary/aromatic N) is 2. The number of piperidine rings is 1. The SMILES string of the molecule is N#CC1(NC(=O)CN2CC[C@@H]3CCCC[C@@H]3C2)CCCC1. The van der Waals surface area contributed by atoms with E-state index in [-0.39, 0.29) is 5.91 Å². The molecule has 0 radical (unpaired) electrons. The molecule has 116 valence electrons. The Morgan fingerprint density at radius 3 is 2.57 bits per heavy atom. The Morgan fingerprint density at radius 1 is 1.14 bits per heavy atom. The molecule has 2 saturated carbocycles. The van der Waals surface area contributed by atoms with E-state index in [1.807, 2.05) is 0 Å². The van der Waals surface area contributed by atoms with Crippen LogP contribution in [0.2, 0.25) is 0 Å². The number of carbonyl (C=O) groups is 1. The molecular weight excluding hydrogens is 262 g/mol. The van der Waals surface area contributed by atoms with Gasteiger partial charge in [-0.2, -0.15) is 5.26 Å². The van der Waals surface area contributed by atoms with Crippen LogP contribution in [0.4, 0.5) is 0 Å². The molecule has 1 aliphatic heterocycles. The molecule has 3 aliphatic rings. The Kier molecular flexibility index (Phi) is 4.49. The van der Waals surface area contributed by atoms with E-state index in [1.165, 1.54) is 32.1 Å². The highest BCUT2D eigenvalue weighted by molar-refractivity contribution is 5.79. The van der Waals surface area contributed by atoms with Gasteiger partial charge in [-0.25, -0.2) is 0 Å². The van der Waals surface area contributed by atoms with Gasteiger partial charge in [0.25, 0.3) is 0 Å². The summed E-state index contributed by atoms with van der Waals surface area (Å²) in [5.74, 6) is 1.75. The molecule has 3 fully saturated rings. The maximum Gasteiger partial charge on any atom is 0.235 e. The largest absolute Gasteiger partial charge is 0.337 e. The second-order valence-electron chi connectivity index (χ2n) is 7.28. The molecule has 1 saturated heterocycles. The number of carbonyl (C=O) groups excluding carboxylic acids is 1. The maximum absolute atomic E-state index is 12.3. The average molecular weight is 289 g/mol. The van der Waals surface area contributed by atoms with Crippen molar-refractivity contribution in [3.63, 3.8) is 0 Å². The number of hydrogen-bond donors (Lipinski definition) is 1. The topological polar surface area (TPSA) is 56.1 Å². The number of nitrogens with one attached hydrogen (secondary N) is 1. The van der Waals surface area contributed by atoms with Crippen molar-refractivity contribution in [3.8, 4) is 6.07 Å². The molecule has 0 unspecified atom stereocenters. The molecule has 0 spiro atoms. The van der Waals surface area contributed by atoms with E-state index >= 15 is 0 Å². The maximum atomic E-state index is 12.3. The Bertz CT molecular complexity index is 422. The first-order valence-corrected chi connectivity index (χ1v) is 8.65. The van der Waals surface area contributed by atoms with Crippen molar-refractivity contribution in [3.05, 3.63) is 0 Å². The third kappa shape index (κ3) is 3.40. The van der Waals surface area contributed by atoms with Crippen LogP contribution in [-0.4, -0.2) is 36.0 Å². The lowest BCUT2D eigenvalue weighted by molar-refractivity contribution is -0.124. The molecular formula is C17H27N3O.